The number of amides is 1. The van der Waals surface area contributed by atoms with Gasteiger partial charge in [0, 0.05) is 17.8 Å². The van der Waals surface area contributed by atoms with Crippen LogP contribution in [0, 0.1) is 20.8 Å². The molecule has 2 aromatic rings. The van der Waals surface area contributed by atoms with E-state index in [0.717, 1.165) is 14.2 Å². The highest BCUT2D eigenvalue weighted by molar-refractivity contribution is 9.11. The lowest BCUT2D eigenvalue weighted by molar-refractivity contribution is -0.121. The summed E-state index contributed by atoms with van der Waals surface area (Å²) in [7, 11) is -3.63. The molecule has 0 saturated carbocycles. The molecule has 1 amide bonds. The quantitative estimate of drug-likeness (QED) is 0.686. The Morgan fingerprint density at radius 3 is 2.36 bits per heavy atom. The normalized spacial score (nSPS) is 11.5. The molecule has 0 atom stereocenters. The lowest BCUT2D eigenvalue weighted by Gasteiger charge is -2.13. The summed E-state index contributed by atoms with van der Waals surface area (Å²) in [5.41, 5.74) is 2.43. The molecule has 5 nitrogen and oxygen atoms in total. The second-order valence-corrected chi connectivity index (χ2v) is 10.1. The summed E-state index contributed by atoms with van der Waals surface area (Å²) in [6.45, 7) is 5.99. The highest BCUT2D eigenvalue weighted by Gasteiger charge is 2.19. The van der Waals surface area contributed by atoms with Crippen LogP contribution < -0.4 is 10.0 Å². The van der Waals surface area contributed by atoms with Crippen molar-refractivity contribution in [3.05, 3.63) is 49.6 Å². The van der Waals surface area contributed by atoms with Crippen LogP contribution in [0.15, 0.2) is 32.9 Å². The van der Waals surface area contributed by atoms with Crippen molar-refractivity contribution in [2.75, 3.05) is 6.54 Å². The van der Waals surface area contributed by atoms with Crippen LogP contribution in [0.25, 0.3) is 0 Å². The lowest BCUT2D eigenvalue weighted by atomic mass is 10.1. The largest absolute Gasteiger partial charge is 0.351 e. The highest BCUT2D eigenvalue weighted by Crippen LogP contribution is 2.22. The fourth-order valence-corrected chi connectivity index (χ4v) is 5.59. The molecule has 0 bridgehead atoms. The number of benzene rings is 1. The zero-order chi connectivity index (χ0) is 18.6. The van der Waals surface area contributed by atoms with Gasteiger partial charge in [-0.3, -0.25) is 4.79 Å². The number of hydrogen-bond acceptors (Lipinski definition) is 4. The molecular formula is C17H21BrN2O3S2. The van der Waals surface area contributed by atoms with Crippen LogP contribution in [0.5, 0.6) is 0 Å². The molecule has 0 fully saturated rings. The van der Waals surface area contributed by atoms with E-state index in [1.54, 1.807) is 25.2 Å². The van der Waals surface area contributed by atoms with Crippen molar-refractivity contribution in [1.29, 1.82) is 0 Å². The van der Waals surface area contributed by atoms with Gasteiger partial charge in [-0.1, -0.05) is 17.7 Å². The van der Waals surface area contributed by atoms with E-state index < -0.39 is 10.0 Å². The van der Waals surface area contributed by atoms with Crippen LogP contribution in [0.2, 0.25) is 0 Å². The maximum atomic E-state index is 12.5. The van der Waals surface area contributed by atoms with Crippen molar-refractivity contribution >= 4 is 43.2 Å². The van der Waals surface area contributed by atoms with Crippen LogP contribution in [0.4, 0.5) is 0 Å². The number of aryl methyl sites for hydroxylation is 3. The second kappa shape index (κ2) is 8.44. The molecule has 0 aliphatic heterocycles. The van der Waals surface area contributed by atoms with Crippen molar-refractivity contribution in [3.8, 4) is 0 Å². The Hall–Kier alpha value is -1.22. The van der Waals surface area contributed by atoms with Crippen LogP contribution in [-0.2, 0) is 21.4 Å². The summed E-state index contributed by atoms with van der Waals surface area (Å²) in [5.74, 6) is -0.190. The van der Waals surface area contributed by atoms with Crippen molar-refractivity contribution < 1.29 is 13.2 Å². The SMILES string of the molecule is Cc1cc(C)c(S(=O)(=O)NCCC(=O)NCc2ccc(Br)s2)c(C)c1. The second-order valence-electron chi connectivity index (χ2n) is 5.86. The molecule has 2 N–H and O–H groups in total. The van der Waals surface area contributed by atoms with E-state index in [9.17, 15) is 13.2 Å². The van der Waals surface area contributed by atoms with Crippen molar-refractivity contribution in [1.82, 2.24) is 10.0 Å². The number of thiophene rings is 1. The molecule has 0 unspecified atom stereocenters. The summed E-state index contributed by atoms with van der Waals surface area (Å²) in [6, 6.07) is 7.54. The predicted octanol–water partition coefficient (Wildman–Crippen LogP) is 3.42. The number of rotatable bonds is 7. The summed E-state index contributed by atoms with van der Waals surface area (Å²) in [5, 5.41) is 2.78. The van der Waals surface area contributed by atoms with Gasteiger partial charge in [0.15, 0.2) is 0 Å². The molecule has 0 radical (unpaired) electrons. The fourth-order valence-electron chi connectivity index (χ4n) is 2.68. The molecular weight excluding hydrogens is 424 g/mol. The minimum atomic E-state index is -3.63. The molecule has 136 valence electrons. The average Bonchev–Trinajstić information content (AvgIpc) is 2.89. The minimum absolute atomic E-state index is 0.0645. The topological polar surface area (TPSA) is 75.3 Å². The summed E-state index contributed by atoms with van der Waals surface area (Å²) < 4.78 is 28.5. The van der Waals surface area contributed by atoms with Gasteiger partial charge in [0.2, 0.25) is 15.9 Å². The van der Waals surface area contributed by atoms with E-state index in [-0.39, 0.29) is 18.9 Å². The van der Waals surface area contributed by atoms with Crippen molar-refractivity contribution in [2.24, 2.45) is 0 Å². The summed E-state index contributed by atoms with van der Waals surface area (Å²) in [4.78, 5) is 13.2. The third kappa shape index (κ3) is 5.64. The monoisotopic (exact) mass is 444 g/mol. The number of nitrogens with one attached hydrogen (secondary N) is 2. The van der Waals surface area contributed by atoms with E-state index in [1.165, 1.54) is 0 Å². The summed E-state index contributed by atoms with van der Waals surface area (Å²) in [6.07, 6.45) is 0.0930. The number of hydrogen-bond donors (Lipinski definition) is 2. The van der Waals surface area contributed by atoms with E-state index in [0.29, 0.717) is 22.6 Å². The first-order valence-corrected chi connectivity index (χ1v) is 10.9. The number of halogens is 1. The van der Waals surface area contributed by atoms with Gasteiger partial charge in [0.05, 0.1) is 15.2 Å². The van der Waals surface area contributed by atoms with Crippen LogP contribution in [-0.4, -0.2) is 20.9 Å². The zero-order valence-corrected chi connectivity index (χ0v) is 17.6. The molecule has 1 aromatic carbocycles. The lowest BCUT2D eigenvalue weighted by Crippen LogP contribution is -2.31. The van der Waals surface area contributed by atoms with Gasteiger partial charge in [0.25, 0.3) is 0 Å². The van der Waals surface area contributed by atoms with Gasteiger partial charge in [-0.15, -0.1) is 11.3 Å². The standard InChI is InChI=1S/C17H21BrN2O3S2/c1-11-8-12(2)17(13(3)9-11)25(22,23)20-7-6-16(21)19-10-14-4-5-15(18)24-14/h4-5,8-9,20H,6-7,10H2,1-3H3,(H,19,21). The van der Waals surface area contributed by atoms with Gasteiger partial charge in [0.1, 0.15) is 0 Å². The van der Waals surface area contributed by atoms with Gasteiger partial charge in [-0.2, -0.15) is 0 Å². The van der Waals surface area contributed by atoms with E-state index >= 15 is 0 Å². The van der Waals surface area contributed by atoms with Crippen LogP contribution >= 0.6 is 27.3 Å². The average molecular weight is 445 g/mol. The van der Waals surface area contributed by atoms with Gasteiger partial charge in [-0.25, -0.2) is 13.1 Å². The van der Waals surface area contributed by atoms with Crippen LogP contribution in [0.3, 0.4) is 0 Å². The molecule has 0 saturated heterocycles. The minimum Gasteiger partial charge on any atom is -0.351 e. The van der Waals surface area contributed by atoms with E-state index in [4.69, 9.17) is 0 Å². The number of carbonyl (C=O) groups is 1. The Bertz CT molecular complexity index is 853. The van der Waals surface area contributed by atoms with Gasteiger partial charge < -0.3 is 5.32 Å². The third-order valence-electron chi connectivity index (χ3n) is 3.61. The molecule has 2 rings (SSSR count). The van der Waals surface area contributed by atoms with Gasteiger partial charge in [-0.05, 0) is 60.0 Å². The molecule has 0 spiro atoms. The van der Waals surface area contributed by atoms with Gasteiger partial charge >= 0.3 is 0 Å². The molecule has 1 heterocycles. The Labute approximate surface area is 161 Å². The molecule has 0 aliphatic rings. The van der Waals surface area contributed by atoms with E-state index in [2.05, 4.69) is 26.0 Å². The van der Waals surface area contributed by atoms with E-state index in [1.807, 2.05) is 31.2 Å². The Morgan fingerprint density at radius 2 is 1.80 bits per heavy atom. The summed E-state index contributed by atoms with van der Waals surface area (Å²) >= 11 is 4.92. The zero-order valence-electron chi connectivity index (χ0n) is 14.3. The number of sulfonamides is 1. The predicted molar refractivity (Wildman–Crippen MR) is 104 cm³/mol. The first kappa shape index (κ1) is 20.1. The van der Waals surface area contributed by atoms with Crippen molar-refractivity contribution in [3.63, 3.8) is 0 Å². The maximum absolute atomic E-state index is 12.5. The first-order valence-electron chi connectivity index (χ1n) is 7.77. The Kier molecular flexibility index (Phi) is 6.79. The highest BCUT2D eigenvalue weighted by atomic mass is 79.9. The first-order chi connectivity index (χ1) is 11.7. The molecule has 25 heavy (non-hydrogen) atoms. The van der Waals surface area contributed by atoms with Crippen molar-refractivity contribution in [2.45, 2.75) is 38.6 Å². The Morgan fingerprint density at radius 1 is 1.16 bits per heavy atom. The Balaban J connectivity index is 1.89. The molecule has 0 aliphatic carbocycles. The smallest absolute Gasteiger partial charge is 0.241 e. The maximum Gasteiger partial charge on any atom is 0.241 e. The number of carbonyl (C=O) groups excluding carboxylic acids is 1. The van der Waals surface area contributed by atoms with Crippen LogP contribution in [0.1, 0.15) is 28.0 Å². The molecule has 8 heteroatoms. The fraction of sp³-hybridized carbons (Fsp3) is 0.353. The molecule has 1 aromatic heterocycles. The third-order valence-corrected chi connectivity index (χ3v) is 7.00.